The summed E-state index contributed by atoms with van der Waals surface area (Å²) in [7, 11) is 0. The van der Waals surface area contributed by atoms with Crippen molar-refractivity contribution in [3.63, 3.8) is 0 Å². The molecule has 0 aromatic heterocycles. The van der Waals surface area contributed by atoms with Crippen molar-refractivity contribution in [2.24, 2.45) is 0 Å². The van der Waals surface area contributed by atoms with Gasteiger partial charge in [0.15, 0.2) is 0 Å². The number of nitrogens with one attached hydrogen (secondary N) is 1. The summed E-state index contributed by atoms with van der Waals surface area (Å²) >= 11 is 2.12. The minimum absolute atomic E-state index is 0.721. The molecule has 0 aliphatic rings. The van der Waals surface area contributed by atoms with Gasteiger partial charge in [-0.1, -0.05) is 25.5 Å². The van der Waals surface area contributed by atoms with Crippen molar-refractivity contribution >= 4 is 22.9 Å². The van der Waals surface area contributed by atoms with Crippen LogP contribution in [0, 0.1) is 0 Å². The van der Waals surface area contributed by atoms with Crippen LogP contribution >= 0.6 is 22.9 Å². The van der Waals surface area contributed by atoms with Gasteiger partial charge in [0.1, 0.15) is 12.4 Å². The first-order chi connectivity index (χ1) is 6.86. The number of rotatable bonds is 6. The Kier molecular flexibility index (Phi) is 5.94. The predicted octanol–water partition coefficient (Wildman–Crippen LogP) is 2.96. The largest absolute Gasteiger partial charge is 0.492 e. The van der Waals surface area contributed by atoms with E-state index in [0.717, 1.165) is 25.3 Å². The van der Waals surface area contributed by atoms with E-state index in [-0.39, 0.29) is 0 Å². The lowest BCUT2D eigenvalue weighted by atomic mass is 10.1. The Hall–Kier alpha value is -0.290. The average molecular weight is 305 g/mol. The summed E-state index contributed by atoms with van der Waals surface area (Å²) in [6, 6.07) is 8.33. The minimum atomic E-state index is 0.721. The molecule has 0 saturated heterocycles. The molecule has 78 valence electrons. The van der Waals surface area contributed by atoms with Gasteiger partial charge in [-0.3, -0.25) is 3.53 Å². The third-order valence-electron chi connectivity index (χ3n) is 1.90. The Balaban J connectivity index is 2.46. The van der Waals surface area contributed by atoms with Gasteiger partial charge in [-0.05, 0) is 24.1 Å². The van der Waals surface area contributed by atoms with Gasteiger partial charge >= 0.3 is 0 Å². The van der Waals surface area contributed by atoms with Crippen LogP contribution in [-0.2, 0) is 6.42 Å². The zero-order valence-electron chi connectivity index (χ0n) is 8.42. The molecule has 0 atom stereocenters. The topological polar surface area (TPSA) is 21.3 Å². The molecule has 1 N–H and O–H groups in total. The SMILES string of the molecule is CCCc1cccc(OCCNI)c1. The van der Waals surface area contributed by atoms with Gasteiger partial charge in [-0.25, -0.2) is 0 Å². The maximum absolute atomic E-state index is 5.57. The van der Waals surface area contributed by atoms with E-state index >= 15 is 0 Å². The van der Waals surface area contributed by atoms with Crippen molar-refractivity contribution in [2.75, 3.05) is 13.2 Å². The summed E-state index contributed by atoms with van der Waals surface area (Å²) in [5.41, 5.74) is 1.35. The molecule has 0 fully saturated rings. The highest BCUT2D eigenvalue weighted by molar-refractivity contribution is 14.1. The lowest BCUT2D eigenvalue weighted by molar-refractivity contribution is 0.325. The molecule has 1 aromatic rings. The van der Waals surface area contributed by atoms with E-state index in [1.54, 1.807) is 0 Å². The maximum atomic E-state index is 5.57. The summed E-state index contributed by atoms with van der Waals surface area (Å²) in [5.74, 6) is 0.975. The standard InChI is InChI=1S/C11H16INO/c1-2-4-10-5-3-6-11(9-10)14-8-7-13-12/h3,5-6,9,13H,2,4,7-8H2,1H3. The maximum Gasteiger partial charge on any atom is 0.119 e. The fourth-order valence-corrected chi connectivity index (χ4v) is 1.51. The van der Waals surface area contributed by atoms with E-state index in [1.807, 2.05) is 6.07 Å². The molecule has 0 amide bonds. The van der Waals surface area contributed by atoms with Gasteiger partial charge in [-0.2, -0.15) is 0 Å². The quantitative estimate of drug-likeness (QED) is 0.496. The molecule has 2 nitrogen and oxygen atoms in total. The smallest absolute Gasteiger partial charge is 0.119 e. The summed E-state index contributed by atoms with van der Waals surface area (Å²) in [6.07, 6.45) is 2.31. The molecule has 0 radical (unpaired) electrons. The monoisotopic (exact) mass is 305 g/mol. The van der Waals surface area contributed by atoms with Crippen LogP contribution in [0.5, 0.6) is 5.75 Å². The van der Waals surface area contributed by atoms with Gasteiger partial charge in [0, 0.05) is 29.4 Å². The molecular weight excluding hydrogens is 289 g/mol. The van der Waals surface area contributed by atoms with Crippen LogP contribution in [0.25, 0.3) is 0 Å². The number of hydrogen-bond acceptors (Lipinski definition) is 2. The first kappa shape index (κ1) is 11.8. The van der Waals surface area contributed by atoms with Gasteiger partial charge in [0.05, 0.1) is 0 Å². The lowest BCUT2D eigenvalue weighted by Crippen LogP contribution is -2.11. The summed E-state index contributed by atoms with van der Waals surface area (Å²) < 4.78 is 8.59. The third-order valence-corrected chi connectivity index (χ3v) is 2.44. The molecule has 3 heteroatoms. The number of hydrogen-bond donors (Lipinski definition) is 1. The number of ether oxygens (including phenoxy) is 1. The van der Waals surface area contributed by atoms with Crippen LogP contribution in [-0.4, -0.2) is 13.2 Å². The van der Waals surface area contributed by atoms with E-state index in [2.05, 4.69) is 51.5 Å². The normalized spacial score (nSPS) is 10.1. The Morgan fingerprint density at radius 1 is 1.43 bits per heavy atom. The van der Waals surface area contributed by atoms with E-state index in [0.29, 0.717) is 0 Å². The van der Waals surface area contributed by atoms with Crippen LogP contribution in [0.15, 0.2) is 24.3 Å². The molecule has 0 aliphatic heterocycles. The van der Waals surface area contributed by atoms with Crippen molar-refractivity contribution in [2.45, 2.75) is 19.8 Å². The zero-order valence-corrected chi connectivity index (χ0v) is 10.6. The summed E-state index contributed by atoms with van der Waals surface area (Å²) in [5, 5.41) is 0. The molecule has 0 unspecified atom stereocenters. The molecule has 0 bridgehead atoms. The van der Waals surface area contributed by atoms with Crippen LogP contribution in [0.1, 0.15) is 18.9 Å². The van der Waals surface area contributed by atoms with Crippen LogP contribution < -0.4 is 8.27 Å². The molecule has 0 heterocycles. The Labute approximate surface area is 99.5 Å². The molecule has 0 spiro atoms. The van der Waals surface area contributed by atoms with Gasteiger partial charge in [-0.15, -0.1) is 0 Å². The molecule has 1 aromatic carbocycles. The zero-order chi connectivity index (χ0) is 10.2. The number of aryl methyl sites for hydroxylation is 1. The molecule has 0 aliphatic carbocycles. The fourth-order valence-electron chi connectivity index (χ4n) is 1.29. The van der Waals surface area contributed by atoms with E-state index in [9.17, 15) is 0 Å². The van der Waals surface area contributed by atoms with Crippen molar-refractivity contribution in [3.8, 4) is 5.75 Å². The summed E-state index contributed by atoms with van der Waals surface area (Å²) in [4.78, 5) is 0. The highest BCUT2D eigenvalue weighted by atomic mass is 127. The van der Waals surface area contributed by atoms with Gasteiger partial charge < -0.3 is 4.74 Å². The highest BCUT2D eigenvalue weighted by Crippen LogP contribution is 2.14. The Morgan fingerprint density at radius 3 is 3.00 bits per heavy atom. The molecule has 14 heavy (non-hydrogen) atoms. The lowest BCUT2D eigenvalue weighted by Gasteiger charge is -2.06. The number of benzene rings is 1. The summed E-state index contributed by atoms with van der Waals surface area (Å²) in [6.45, 7) is 3.78. The van der Waals surface area contributed by atoms with Gasteiger partial charge in [0.2, 0.25) is 0 Å². The molecule has 1 rings (SSSR count). The van der Waals surface area contributed by atoms with Crippen LogP contribution in [0.3, 0.4) is 0 Å². The van der Waals surface area contributed by atoms with E-state index in [4.69, 9.17) is 4.74 Å². The molecular formula is C11H16INO. The first-order valence-electron chi connectivity index (χ1n) is 4.92. The van der Waals surface area contributed by atoms with Crippen molar-refractivity contribution in [1.29, 1.82) is 0 Å². The van der Waals surface area contributed by atoms with E-state index in [1.165, 1.54) is 12.0 Å². The minimum Gasteiger partial charge on any atom is -0.492 e. The van der Waals surface area contributed by atoms with Crippen LogP contribution in [0.4, 0.5) is 0 Å². The predicted molar refractivity (Wildman–Crippen MR) is 68.0 cm³/mol. The van der Waals surface area contributed by atoms with Crippen molar-refractivity contribution in [1.82, 2.24) is 3.53 Å². The van der Waals surface area contributed by atoms with E-state index < -0.39 is 0 Å². The average Bonchev–Trinajstić information content (AvgIpc) is 2.19. The second-order valence-electron chi connectivity index (χ2n) is 3.13. The second kappa shape index (κ2) is 7.06. The first-order valence-corrected chi connectivity index (χ1v) is 6.00. The van der Waals surface area contributed by atoms with Crippen molar-refractivity contribution in [3.05, 3.63) is 29.8 Å². The van der Waals surface area contributed by atoms with Crippen LogP contribution in [0.2, 0.25) is 0 Å². The Bertz CT molecular complexity index is 265. The number of halogens is 1. The van der Waals surface area contributed by atoms with Crippen molar-refractivity contribution < 1.29 is 4.74 Å². The second-order valence-corrected chi connectivity index (χ2v) is 3.89. The fraction of sp³-hybridized carbons (Fsp3) is 0.455. The highest BCUT2D eigenvalue weighted by Gasteiger charge is 1.95. The third kappa shape index (κ3) is 4.28. The Morgan fingerprint density at radius 2 is 2.29 bits per heavy atom. The molecule has 0 saturated carbocycles. The van der Waals surface area contributed by atoms with Gasteiger partial charge in [0.25, 0.3) is 0 Å².